The van der Waals surface area contributed by atoms with Crippen LogP contribution in [-0.4, -0.2) is 33.9 Å². The predicted molar refractivity (Wildman–Crippen MR) is 137 cm³/mol. The molecule has 1 heterocycles. The molecule has 0 atom stereocenters. The van der Waals surface area contributed by atoms with E-state index in [1.807, 2.05) is 36.4 Å². The fraction of sp³-hybridized carbons (Fsp3) is 0.179. The Labute approximate surface area is 217 Å². The third-order valence-corrected chi connectivity index (χ3v) is 5.70. The normalized spacial score (nSPS) is 11.1. The zero-order valence-corrected chi connectivity index (χ0v) is 20.2. The standard InChI is InChI=1S/C28H24F3N5O2/c29-28(30,31)26-17-25(36(35-26)23-10-4-7-20(16-23)18-32)27(38)34-22-9-3-6-19(15-22)14-21-8-1-2-11-24(21)33-12-5-13-37/h1-4,6-11,15-17,33,37H,5,12-14H2,(H,34,38). The number of hydrogen-bond acceptors (Lipinski definition) is 5. The smallest absolute Gasteiger partial charge is 0.396 e. The van der Waals surface area contributed by atoms with Crippen LogP contribution in [0.5, 0.6) is 0 Å². The van der Waals surface area contributed by atoms with Gasteiger partial charge in [-0.1, -0.05) is 36.4 Å². The van der Waals surface area contributed by atoms with Crippen LogP contribution in [0, 0.1) is 11.3 Å². The van der Waals surface area contributed by atoms with Crippen molar-refractivity contribution < 1.29 is 23.1 Å². The van der Waals surface area contributed by atoms with Crippen LogP contribution in [0.25, 0.3) is 5.69 Å². The summed E-state index contributed by atoms with van der Waals surface area (Å²) in [5.74, 6) is -0.779. The van der Waals surface area contributed by atoms with Crippen molar-refractivity contribution in [3.63, 3.8) is 0 Å². The maximum Gasteiger partial charge on any atom is 0.435 e. The van der Waals surface area contributed by atoms with Gasteiger partial charge in [0.15, 0.2) is 5.69 Å². The van der Waals surface area contributed by atoms with Crippen molar-refractivity contribution in [3.8, 4) is 11.8 Å². The molecule has 3 aromatic carbocycles. The van der Waals surface area contributed by atoms with Gasteiger partial charge in [-0.3, -0.25) is 4.79 Å². The lowest BCUT2D eigenvalue weighted by atomic mass is 10.0. The van der Waals surface area contributed by atoms with Gasteiger partial charge in [-0.25, -0.2) is 4.68 Å². The van der Waals surface area contributed by atoms with Gasteiger partial charge in [-0.05, 0) is 60.4 Å². The zero-order valence-electron chi connectivity index (χ0n) is 20.2. The molecule has 7 nitrogen and oxygen atoms in total. The number of aliphatic hydroxyl groups excluding tert-OH is 1. The summed E-state index contributed by atoms with van der Waals surface area (Å²) in [7, 11) is 0. The van der Waals surface area contributed by atoms with Crippen molar-refractivity contribution in [2.24, 2.45) is 0 Å². The molecule has 4 aromatic rings. The van der Waals surface area contributed by atoms with Gasteiger partial charge >= 0.3 is 6.18 Å². The quantitative estimate of drug-likeness (QED) is 0.257. The molecule has 0 unspecified atom stereocenters. The molecule has 10 heteroatoms. The summed E-state index contributed by atoms with van der Waals surface area (Å²) in [6.45, 7) is 0.707. The van der Waals surface area contributed by atoms with Crippen molar-refractivity contribution in [3.05, 3.63) is 107 Å². The minimum atomic E-state index is -4.76. The van der Waals surface area contributed by atoms with Crippen LogP contribution < -0.4 is 10.6 Å². The number of nitrogens with one attached hydrogen (secondary N) is 2. The van der Waals surface area contributed by atoms with Gasteiger partial charge < -0.3 is 15.7 Å². The number of amides is 1. The number of anilines is 2. The van der Waals surface area contributed by atoms with E-state index in [9.17, 15) is 18.0 Å². The molecule has 0 fully saturated rings. The highest BCUT2D eigenvalue weighted by Crippen LogP contribution is 2.30. The molecule has 1 aromatic heterocycles. The SMILES string of the molecule is N#Cc1cccc(-n2nc(C(F)(F)F)cc2C(=O)Nc2cccc(Cc3ccccc3NCCCO)c2)c1. The summed E-state index contributed by atoms with van der Waals surface area (Å²) < 4.78 is 41.2. The molecule has 0 aliphatic carbocycles. The van der Waals surface area contributed by atoms with Crippen molar-refractivity contribution in [1.82, 2.24) is 9.78 Å². The molecule has 0 aliphatic heterocycles. The second-order valence-corrected chi connectivity index (χ2v) is 8.48. The number of halogens is 3. The molecule has 0 aliphatic rings. The van der Waals surface area contributed by atoms with E-state index >= 15 is 0 Å². The average molecular weight is 520 g/mol. The fourth-order valence-corrected chi connectivity index (χ4v) is 3.91. The van der Waals surface area contributed by atoms with Crippen molar-refractivity contribution >= 4 is 17.3 Å². The Morgan fingerprint density at radius 2 is 1.82 bits per heavy atom. The van der Waals surface area contributed by atoms with E-state index in [2.05, 4.69) is 15.7 Å². The molecule has 0 spiro atoms. The summed E-state index contributed by atoms with van der Waals surface area (Å²) in [5, 5.41) is 27.8. The minimum absolute atomic E-state index is 0.0873. The van der Waals surface area contributed by atoms with E-state index in [1.165, 1.54) is 24.3 Å². The molecule has 1 amide bonds. The summed E-state index contributed by atoms with van der Waals surface area (Å²) in [4.78, 5) is 13.1. The minimum Gasteiger partial charge on any atom is -0.396 e. The first-order chi connectivity index (χ1) is 18.3. The number of hydrogen-bond donors (Lipinski definition) is 3. The molecule has 0 bridgehead atoms. The number of benzene rings is 3. The van der Waals surface area contributed by atoms with Crippen LogP contribution in [-0.2, 0) is 12.6 Å². The molecule has 0 saturated carbocycles. The van der Waals surface area contributed by atoms with Crippen molar-refractivity contribution in [2.75, 3.05) is 23.8 Å². The van der Waals surface area contributed by atoms with E-state index in [4.69, 9.17) is 10.4 Å². The highest BCUT2D eigenvalue weighted by Gasteiger charge is 2.36. The van der Waals surface area contributed by atoms with Gasteiger partial charge in [0.1, 0.15) is 5.69 Å². The van der Waals surface area contributed by atoms with Gasteiger partial charge in [0.25, 0.3) is 5.91 Å². The van der Waals surface area contributed by atoms with Gasteiger partial charge in [0.2, 0.25) is 0 Å². The number of rotatable bonds is 9. The van der Waals surface area contributed by atoms with Crippen LogP contribution in [0.4, 0.5) is 24.5 Å². The first kappa shape index (κ1) is 26.4. The summed E-state index contributed by atoms with van der Waals surface area (Å²) in [5.41, 5.74) is 2.06. The second kappa shape index (κ2) is 11.6. The first-order valence-electron chi connectivity index (χ1n) is 11.8. The van der Waals surface area contributed by atoms with Crippen LogP contribution in [0.2, 0.25) is 0 Å². The Hall–Kier alpha value is -4.62. The van der Waals surface area contributed by atoms with Crippen molar-refractivity contribution in [1.29, 1.82) is 5.26 Å². The molecule has 4 rings (SSSR count). The molecule has 0 radical (unpaired) electrons. The Balaban J connectivity index is 1.59. The number of aromatic nitrogens is 2. The third kappa shape index (κ3) is 6.38. The summed E-state index contributed by atoms with van der Waals surface area (Å²) in [6.07, 6.45) is -3.60. The van der Waals surface area contributed by atoms with E-state index in [0.29, 0.717) is 31.1 Å². The fourth-order valence-electron chi connectivity index (χ4n) is 3.91. The molecule has 194 valence electrons. The van der Waals surface area contributed by atoms with E-state index in [0.717, 1.165) is 21.5 Å². The van der Waals surface area contributed by atoms with Gasteiger partial charge in [-0.15, -0.1) is 0 Å². The van der Waals surface area contributed by atoms with E-state index < -0.39 is 17.8 Å². The Morgan fingerprint density at radius 3 is 2.58 bits per heavy atom. The summed E-state index contributed by atoms with van der Waals surface area (Å²) >= 11 is 0. The number of aliphatic hydroxyl groups is 1. The van der Waals surface area contributed by atoms with Gasteiger partial charge in [-0.2, -0.15) is 23.5 Å². The highest BCUT2D eigenvalue weighted by molar-refractivity contribution is 6.03. The van der Waals surface area contributed by atoms with E-state index in [-0.39, 0.29) is 23.6 Å². The van der Waals surface area contributed by atoms with Crippen LogP contribution in [0.3, 0.4) is 0 Å². The molecule has 0 saturated heterocycles. The van der Waals surface area contributed by atoms with Crippen LogP contribution >= 0.6 is 0 Å². The number of para-hydroxylation sites is 1. The third-order valence-electron chi connectivity index (χ3n) is 5.70. The Morgan fingerprint density at radius 1 is 1.03 bits per heavy atom. The Bertz CT molecular complexity index is 1470. The Kier molecular flexibility index (Phi) is 8.09. The largest absolute Gasteiger partial charge is 0.435 e. The predicted octanol–water partition coefficient (Wildman–Crippen LogP) is 5.40. The maximum atomic E-state index is 13.4. The number of alkyl halides is 3. The van der Waals surface area contributed by atoms with Gasteiger partial charge in [0, 0.05) is 30.6 Å². The monoisotopic (exact) mass is 519 g/mol. The molecular weight excluding hydrogens is 495 g/mol. The number of carbonyl (C=O) groups excluding carboxylic acids is 1. The van der Waals surface area contributed by atoms with E-state index in [1.54, 1.807) is 18.2 Å². The molecular formula is C28H24F3N5O2. The van der Waals surface area contributed by atoms with Crippen molar-refractivity contribution in [2.45, 2.75) is 19.0 Å². The molecule has 38 heavy (non-hydrogen) atoms. The zero-order chi connectivity index (χ0) is 27.1. The van der Waals surface area contributed by atoms with Crippen LogP contribution in [0.1, 0.15) is 39.3 Å². The number of nitriles is 1. The summed E-state index contributed by atoms with van der Waals surface area (Å²) in [6, 6.07) is 23.2. The lowest BCUT2D eigenvalue weighted by Crippen LogP contribution is -2.17. The molecule has 3 N–H and O–H groups in total. The average Bonchev–Trinajstić information content (AvgIpc) is 3.37. The highest BCUT2D eigenvalue weighted by atomic mass is 19.4. The lowest BCUT2D eigenvalue weighted by molar-refractivity contribution is -0.141. The number of nitrogens with zero attached hydrogens (tertiary/aromatic N) is 3. The number of carbonyl (C=O) groups is 1. The van der Waals surface area contributed by atoms with Gasteiger partial charge in [0.05, 0.1) is 17.3 Å². The first-order valence-corrected chi connectivity index (χ1v) is 11.8. The second-order valence-electron chi connectivity index (χ2n) is 8.48. The maximum absolute atomic E-state index is 13.4. The topological polar surface area (TPSA) is 103 Å². The van der Waals surface area contributed by atoms with Crippen LogP contribution in [0.15, 0.2) is 78.9 Å². The lowest BCUT2D eigenvalue weighted by Gasteiger charge is -2.13.